The first kappa shape index (κ1) is 15.0. The van der Waals surface area contributed by atoms with Gasteiger partial charge in [0.25, 0.3) is 0 Å². The number of rotatable bonds is 4. The van der Waals surface area contributed by atoms with Gasteiger partial charge in [0.15, 0.2) is 0 Å². The number of nitrogens with one attached hydrogen (secondary N) is 2. The zero-order valence-corrected chi connectivity index (χ0v) is 13.8. The van der Waals surface area contributed by atoms with E-state index in [-0.39, 0.29) is 19.5 Å². The molecule has 1 amide bonds. The molecule has 0 atom stereocenters. The van der Waals surface area contributed by atoms with E-state index in [1.54, 1.807) is 6.07 Å². The van der Waals surface area contributed by atoms with Gasteiger partial charge >= 0.3 is 136 Å². The average Bonchev–Trinajstić information content (AvgIpc) is 2.81. The average molecular weight is 384 g/mol. The summed E-state index contributed by atoms with van der Waals surface area (Å²) in [4.78, 5) is 19.2. The fraction of sp³-hybridized carbons (Fsp3) is 0.0714. The predicted molar refractivity (Wildman–Crippen MR) is 85.6 cm³/mol. The number of aryl methyl sites for hydroxylation is 1. The van der Waals surface area contributed by atoms with Gasteiger partial charge in [-0.1, -0.05) is 0 Å². The van der Waals surface area contributed by atoms with Gasteiger partial charge in [0.05, 0.1) is 0 Å². The maximum atomic E-state index is 13.2. The number of amides is 1. The summed E-state index contributed by atoms with van der Waals surface area (Å²) in [5.41, 5.74) is 1.56. The van der Waals surface area contributed by atoms with Gasteiger partial charge in [-0.25, -0.2) is 0 Å². The van der Waals surface area contributed by atoms with Crippen molar-refractivity contribution in [3.63, 3.8) is 0 Å². The molecule has 2 heterocycles. The van der Waals surface area contributed by atoms with Crippen molar-refractivity contribution in [1.29, 1.82) is 0 Å². The monoisotopic (exact) mass is 384 g/mol. The number of halogens is 2. The Morgan fingerprint density at radius 3 is 2.91 bits per heavy atom. The van der Waals surface area contributed by atoms with E-state index >= 15 is 0 Å². The van der Waals surface area contributed by atoms with Crippen LogP contribution >= 0.6 is 11.6 Å². The minimum absolute atomic E-state index is 0.0375. The Hall–Kier alpha value is -1.95. The number of carbonyl (C=O) groups excluding carboxylic acids is 1. The molecule has 0 spiro atoms. The van der Waals surface area contributed by atoms with Gasteiger partial charge in [0, 0.05) is 0 Å². The number of fused-ring (bicyclic) bond motifs is 1. The van der Waals surface area contributed by atoms with E-state index in [1.165, 1.54) is 18.5 Å². The fourth-order valence-electron chi connectivity index (χ4n) is 2.07. The van der Waals surface area contributed by atoms with Gasteiger partial charge in [0.1, 0.15) is 0 Å². The van der Waals surface area contributed by atoms with Crippen LogP contribution in [0.5, 0.6) is 0 Å². The minimum atomic E-state index is -0.475. The Labute approximate surface area is 136 Å². The van der Waals surface area contributed by atoms with Crippen molar-refractivity contribution in [2.24, 2.45) is 0 Å². The first-order valence-electron chi connectivity index (χ1n) is 6.26. The van der Waals surface area contributed by atoms with Crippen LogP contribution in [-0.4, -0.2) is 30.9 Å². The third kappa shape index (κ3) is 2.70. The molecule has 0 aliphatic carbocycles. The summed E-state index contributed by atoms with van der Waals surface area (Å²) in [5.74, 6) is 0.131. The van der Waals surface area contributed by atoms with Crippen molar-refractivity contribution in [1.82, 2.24) is 9.97 Å². The number of hydrogen-bond donors (Lipinski definition) is 2. The topological polar surface area (TPSA) is 66.9 Å². The van der Waals surface area contributed by atoms with Crippen LogP contribution in [0.3, 0.4) is 0 Å². The molecule has 3 aromatic rings. The van der Waals surface area contributed by atoms with Gasteiger partial charge in [-0.15, -0.1) is 0 Å². The molecular weight excluding hydrogens is 374 g/mol. The fourth-order valence-corrected chi connectivity index (χ4v) is 4.36. The Bertz CT molecular complexity index is 867. The molecule has 0 unspecified atom stereocenters. The Morgan fingerprint density at radius 1 is 1.36 bits per heavy atom. The zero-order valence-electron chi connectivity index (χ0n) is 11.4. The van der Waals surface area contributed by atoms with E-state index in [2.05, 4.69) is 20.6 Å². The quantitative estimate of drug-likeness (QED) is 0.537. The van der Waals surface area contributed by atoms with Crippen molar-refractivity contribution < 1.29 is 9.18 Å². The molecule has 112 valence electrons. The molecule has 1 aromatic carbocycles. The molecular formula is C14H10ClFN4OSe. The molecule has 3 rings (SSSR count). The second-order valence-electron chi connectivity index (χ2n) is 4.47. The molecule has 5 nitrogen and oxygen atoms in total. The van der Waals surface area contributed by atoms with Crippen LogP contribution in [0.2, 0.25) is 5.02 Å². The van der Waals surface area contributed by atoms with Gasteiger partial charge < -0.3 is 0 Å². The standard InChI is InChI=1S/C14H10ClFN4OSe/c1-7-11-12(20-8-2-3-10(16)9(15)4-8)17-5-18-14(11)22-13(7)19-6-21/h2-6H,1H3,(H,19,21)(H,17,18,20). The second-order valence-corrected chi connectivity index (χ2v) is 6.98. The molecule has 0 aliphatic rings. The molecule has 0 saturated carbocycles. The SMILES string of the molecule is Cc1c(NC=O)[se]c2ncnc(Nc3ccc(F)c(Cl)c3)c12. The van der Waals surface area contributed by atoms with Crippen molar-refractivity contribution in [3.8, 4) is 0 Å². The molecule has 0 saturated heterocycles. The van der Waals surface area contributed by atoms with Crippen molar-refractivity contribution in [2.75, 3.05) is 10.6 Å². The van der Waals surface area contributed by atoms with Crippen LogP contribution in [0.1, 0.15) is 5.56 Å². The van der Waals surface area contributed by atoms with E-state index in [0.29, 0.717) is 17.9 Å². The predicted octanol–water partition coefficient (Wildman–Crippen LogP) is 3.10. The van der Waals surface area contributed by atoms with E-state index in [0.717, 1.165) is 19.9 Å². The van der Waals surface area contributed by atoms with Crippen molar-refractivity contribution in [2.45, 2.75) is 6.92 Å². The first-order chi connectivity index (χ1) is 10.6. The Balaban J connectivity index is 2.06. The summed E-state index contributed by atoms with van der Waals surface area (Å²) < 4.78 is 15.0. The van der Waals surface area contributed by atoms with Gasteiger partial charge in [-0.3, -0.25) is 0 Å². The van der Waals surface area contributed by atoms with Gasteiger partial charge in [-0.2, -0.15) is 0 Å². The number of carbonyl (C=O) groups is 1. The Kier molecular flexibility index (Phi) is 4.11. The summed E-state index contributed by atoms with van der Waals surface area (Å²) >= 11 is 5.72. The van der Waals surface area contributed by atoms with Gasteiger partial charge in [-0.05, 0) is 0 Å². The van der Waals surface area contributed by atoms with E-state index in [9.17, 15) is 9.18 Å². The van der Waals surface area contributed by atoms with Crippen LogP contribution in [-0.2, 0) is 4.79 Å². The van der Waals surface area contributed by atoms with Crippen molar-refractivity contribution >= 4 is 58.4 Å². The zero-order chi connectivity index (χ0) is 15.7. The maximum absolute atomic E-state index is 13.2. The normalized spacial score (nSPS) is 10.7. The van der Waals surface area contributed by atoms with Crippen LogP contribution in [0, 0.1) is 12.7 Å². The number of aromatic nitrogens is 2. The van der Waals surface area contributed by atoms with Crippen LogP contribution < -0.4 is 10.6 Å². The summed E-state index contributed by atoms with van der Waals surface area (Å²) in [7, 11) is 0. The van der Waals surface area contributed by atoms with Crippen molar-refractivity contribution in [3.05, 3.63) is 40.9 Å². The molecule has 22 heavy (non-hydrogen) atoms. The molecule has 2 aromatic heterocycles. The summed E-state index contributed by atoms with van der Waals surface area (Å²) in [6.07, 6.45) is 2.12. The third-order valence-electron chi connectivity index (χ3n) is 3.10. The molecule has 0 aliphatic heterocycles. The van der Waals surface area contributed by atoms with Crippen LogP contribution in [0.15, 0.2) is 24.5 Å². The molecule has 2 N–H and O–H groups in total. The Morgan fingerprint density at radius 2 is 2.18 bits per heavy atom. The first-order valence-corrected chi connectivity index (χ1v) is 8.35. The number of benzene rings is 1. The third-order valence-corrected chi connectivity index (χ3v) is 5.76. The number of nitrogens with zero attached hydrogens (tertiary/aromatic N) is 2. The molecule has 0 bridgehead atoms. The molecule has 8 heteroatoms. The van der Waals surface area contributed by atoms with E-state index in [4.69, 9.17) is 11.6 Å². The summed E-state index contributed by atoms with van der Waals surface area (Å²) in [6.45, 7) is 1.91. The second kappa shape index (κ2) is 6.04. The van der Waals surface area contributed by atoms with E-state index < -0.39 is 5.82 Å². The van der Waals surface area contributed by atoms with Crippen LogP contribution in [0.4, 0.5) is 20.5 Å². The van der Waals surface area contributed by atoms with E-state index in [1.807, 2.05) is 6.92 Å². The summed E-state index contributed by atoms with van der Waals surface area (Å²) in [6, 6.07) is 4.37. The van der Waals surface area contributed by atoms with Crippen LogP contribution in [0.25, 0.3) is 9.78 Å². The molecule has 0 fully saturated rings. The van der Waals surface area contributed by atoms with Gasteiger partial charge in [0.2, 0.25) is 0 Å². The number of anilines is 3. The molecule has 0 radical (unpaired) electrons. The summed E-state index contributed by atoms with van der Waals surface area (Å²) in [5, 5.41) is 6.74. The number of hydrogen-bond acceptors (Lipinski definition) is 4.